The Morgan fingerprint density at radius 2 is 2.25 bits per heavy atom. The first-order valence-corrected chi connectivity index (χ1v) is 9.31. The zero-order valence-corrected chi connectivity index (χ0v) is 13.0. The maximum Gasteiger partial charge on any atom is 0.254 e. The van der Waals surface area contributed by atoms with Crippen LogP contribution in [0.2, 0.25) is 0 Å². The molecule has 1 aromatic rings. The lowest BCUT2D eigenvalue weighted by atomic mass is 9.62. The molecule has 4 rings (SSSR count). The third kappa shape index (κ3) is 1.66. The van der Waals surface area contributed by atoms with Crippen LogP contribution in [-0.2, 0) is 14.8 Å². The fourth-order valence-electron chi connectivity index (χ4n) is 3.96. The average Bonchev–Trinajstić information content (AvgIpc) is 2.99. The first kappa shape index (κ1) is 13.2. The molecule has 2 saturated heterocycles. The Balaban J connectivity index is 1.71. The summed E-state index contributed by atoms with van der Waals surface area (Å²) in [5, 5.41) is 0.792. The summed E-state index contributed by atoms with van der Waals surface area (Å²) in [6.45, 7) is 3.77. The summed E-state index contributed by atoms with van der Waals surface area (Å²) in [5.41, 5.74) is 0.188. The Labute approximate surface area is 123 Å². The van der Waals surface area contributed by atoms with Crippen LogP contribution in [0.3, 0.4) is 0 Å². The molecule has 5 nitrogen and oxygen atoms in total. The topological polar surface area (TPSA) is 59.5 Å². The first-order chi connectivity index (χ1) is 9.53. The van der Waals surface area contributed by atoms with E-state index in [1.54, 1.807) is 4.31 Å². The quantitative estimate of drug-likeness (QED) is 0.833. The van der Waals surface area contributed by atoms with Gasteiger partial charge in [-0.3, -0.25) is 0 Å². The molecule has 1 saturated carbocycles. The molecule has 1 spiro atoms. The van der Waals surface area contributed by atoms with Crippen molar-refractivity contribution < 1.29 is 13.2 Å². The Morgan fingerprint density at radius 3 is 2.85 bits per heavy atom. The van der Waals surface area contributed by atoms with Crippen LogP contribution in [0.25, 0.3) is 0 Å². The van der Waals surface area contributed by atoms with Crippen molar-refractivity contribution >= 4 is 21.4 Å². The van der Waals surface area contributed by atoms with E-state index in [2.05, 4.69) is 4.98 Å². The molecule has 20 heavy (non-hydrogen) atoms. The Bertz CT molecular complexity index is 636. The Morgan fingerprint density at radius 1 is 1.45 bits per heavy atom. The van der Waals surface area contributed by atoms with Crippen molar-refractivity contribution in [2.24, 2.45) is 11.3 Å². The van der Waals surface area contributed by atoms with Gasteiger partial charge in [-0.2, -0.15) is 4.31 Å². The minimum absolute atomic E-state index is 0.0303. The minimum Gasteiger partial charge on any atom is -0.379 e. The summed E-state index contributed by atoms with van der Waals surface area (Å²) in [6.07, 6.45) is 5.00. The fourth-order valence-corrected chi connectivity index (χ4v) is 6.94. The average molecular weight is 314 g/mol. The summed E-state index contributed by atoms with van der Waals surface area (Å²) in [6, 6.07) is 0.0303. The van der Waals surface area contributed by atoms with E-state index in [0.717, 1.165) is 24.5 Å². The van der Waals surface area contributed by atoms with Crippen LogP contribution in [0.4, 0.5) is 0 Å². The van der Waals surface area contributed by atoms with Gasteiger partial charge in [-0.15, -0.1) is 11.3 Å². The van der Waals surface area contributed by atoms with Crippen molar-refractivity contribution in [3.05, 3.63) is 11.2 Å². The van der Waals surface area contributed by atoms with Gasteiger partial charge in [0, 0.05) is 12.5 Å². The SMILES string of the molecule is Cc1ncc(S(=O)(=O)N2CC3(CCC3)[C@@H]3COC[C@@H]32)s1. The third-order valence-electron chi connectivity index (χ3n) is 5.19. The molecule has 3 heterocycles. The molecule has 0 radical (unpaired) electrons. The van der Waals surface area contributed by atoms with Gasteiger partial charge >= 0.3 is 0 Å². The van der Waals surface area contributed by atoms with Crippen LogP contribution in [0, 0.1) is 18.3 Å². The van der Waals surface area contributed by atoms with E-state index >= 15 is 0 Å². The second-order valence-corrected chi connectivity index (χ2v) is 9.53. The number of fused-ring (bicyclic) bond motifs is 2. The molecule has 3 aliphatic rings. The summed E-state index contributed by atoms with van der Waals surface area (Å²) < 4.78 is 33.4. The summed E-state index contributed by atoms with van der Waals surface area (Å²) in [4.78, 5) is 4.09. The number of rotatable bonds is 2. The lowest BCUT2D eigenvalue weighted by molar-refractivity contribution is 0.0601. The molecule has 1 aromatic heterocycles. The van der Waals surface area contributed by atoms with Crippen LogP contribution >= 0.6 is 11.3 Å². The number of hydrogen-bond acceptors (Lipinski definition) is 5. The second-order valence-electron chi connectivity index (χ2n) is 6.18. The number of sulfonamides is 1. The van der Waals surface area contributed by atoms with Crippen LogP contribution in [-0.4, -0.2) is 43.5 Å². The van der Waals surface area contributed by atoms with Gasteiger partial charge in [-0.05, 0) is 25.2 Å². The molecule has 0 unspecified atom stereocenters. The van der Waals surface area contributed by atoms with E-state index in [4.69, 9.17) is 4.74 Å². The number of ether oxygens (including phenoxy) is 1. The van der Waals surface area contributed by atoms with E-state index < -0.39 is 10.0 Å². The van der Waals surface area contributed by atoms with Crippen molar-refractivity contribution in [2.75, 3.05) is 19.8 Å². The summed E-state index contributed by atoms with van der Waals surface area (Å²) >= 11 is 1.26. The number of nitrogens with zero attached hydrogens (tertiary/aromatic N) is 2. The molecule has 110 valence electrons. The molecule has 0 bridgehead atoms. The predicted molar refractivity (Wildman–Crippen MR) is 75.1 cm³/mol. The van der Waals surface area contributed by atoms with Gasteiger partial charge in [0.2, 0.25) is 0 Å². The van der Waals surface area contributed by atoms with Crippen LogP contribution in [0.15, 0.2) is 10.4 Å². The van der Waals surface area contributed by atoms with Crippen molar-refractivity contribution in [3.63, 3.8) is 0 Å². The monoisotopic (exact) mass is 314 g/mol. The van der Waals surface area contributed by atoms with E-state index in [1.165, 1.54) is 24.0 Å². The molecule has 3 fully saturated rings. The van der Waals surface area contributed by atoms with Gasteiger partial charge in [0.1, 0.15) is 0 Å². The third-order valence-corrected chi connectivity index (χ3v) is 8.41. The van der Waals surface area contributed by atoms with E-state index in [0.29, 0.717) is 23.3 Å². The van der Waals surface area contributed by atoms with Gasteiger partial charge in [-0.1, -0.05) is 6.42 Å². The maximum atomic E-state index is 12.9. The fraction of sp³-hybridized carbons (Fsp3) is 0.769. The van der Waals surface area contributed by atoms with Gasteiger partial charge in [-0.25, -0.2) is 13.4 Å². The Kier molecular flexibility index (Phi) is 2.80. The molecular weight excluding hydrogens is 296 g/mol. The molecule has 0 amide bonds. The predicted octanol–water partition coefficient (Wildman–Crippen LogP) is 1.64. The Hall–Kier alpha value is -0.500. The zero-order chi connectivity index (χ0) is 14.0. The van der Waals surface area contributed by atoms with Gasteiger partial charge in [0.25, 0.3) is 10.0 Å². The van der Waals surface area contributed by atoms with E-state index in [-0.39, 0.29) is 11.5 Å². The molecule has 1 aliphatic carbocycles. The first-order valence-electron chi connectivity index (χ1n) is 7.05. The van der Waals surface area contributed by atoms with Crippen LogP contribution < -0.4 is 0 Å². The van der Waals surface area contributed by atoms with Crippen LogP contribution in [0.5, 0.6) is 0 Å². The summed E-state index contributed by atoms with van der Waals surface area (Å²) in [7, 11) is -3.41. The van der Waals surface area contributed by atoms with E-state index in [9.17, 15) is 8.42 Å². The van der Waals surface area contributed by atoms with Crippen molar-refractivity contribution in [1.29, 1.82) is 0 Å². The highest BCUT2D eigenvalue weighted by atomic mass is 32.2. The lowest BCUT2D eigenvalue weighted by Gasteiger charge is -2.42. The molecule has 2 atom stereocenters. The normalized spacial score (nSPS) is 32.5. The largest absolute Gasteiger partial charge is 0.379 e. The number of thiazole rings is 1. The highest BCUT2D eigenvalue weighted by Gasteiger charge is 2.60. The highest BCUT2D eigenvalue weighted by Crippen LogP contribution is 2.56. The summed E-state index contributed by atoms with van der Waals surface area (Å²) in [5.74, 6) is 0.389. The maximum absolute atomic E-state index is 12.9. The zero-order valence-electron chi connectivity index (χ0n) is 11.4. The number of aromatic nitrogens is 1. The standard InChI is InChI=1S/C13H18N2O3S2/c1-9-14-5-12(19-9)20(16,17)15-8-13(3-2-4-13)10-6-18-7-11(10)15/h5,10-11H,2-4,6-8H2,1H3/t10-,11+/m1/s1. The molecular formula is C13H18N2O3S2. The number of hydrogen-bond donors (Lipinski definition) is 0. The lowest BCUT2D eigenvalue weighted by Crippen LogP contribution is -2.39. The van der Waals surface area contributed by atoms with Gasteiger partial charge in [0.05, 0.1) is 30.5 Å². The van der Waals surface area contributed by atoms with Crippen molar-refractivity contribution in [1.82, 2.24) is 9.29 Å². The number of aryl methyl sites for hydroxylation is 1. The van der Waals surface area contributed by atoms with E-state index in [1.807, 2.05) is 6.92 Å². The van der Waals surface area contributed by atoms with Gasteiger partial charge in [0.15, 0.2) is 4.21 Å². The highest BCUT2D eigenvalue weighted by molar-refractivity contribution is 7.91. The molecule has 0 N–H and O–H groups in total. The molecule has 0 aromatic carbocycles. The minimum atomic E-state index is -3.41. The second kappa shape index (κ2) is 4.25. The smallest absolute Gasteiger partial charge is 0.254 e. The molecule has 2 aliphatic heterocycles. The van der Waals surface area contributed by atoms with Crippen molar-refractivity contribution in [2.45, 2.75) is 36.4 Å². The molecule has 7 heteroatoms. The van der Waals surface area contributed by atoms with Crippen LogP contribution in [0.1, 0.15) is 24.3 Å². The van der Waals surface area contributed by atoms with Gasteiger partial charge < -0.3 is 4.74 Å². The van der Waals surface area contributed by atoms with Crippen molar-refractivity contribution in [3.8, 4) is 0 Å².